The Labute approximate surface area is 107 Å². The maximum atomic E-state index is 13.4. The summed E-state index contributed by atoms with van der Waals surface area (Å²) in [5, 5.41) is 12.1. The van der Waals surface area contributed by atoms with Crippen molar-refractivity contribution >= 4 is 5.69 Å². The molecule has 1 aromatic rings. The Morgan fingerprint density at radius 3 is 2.72 bits per heavy atom. The Kier molecular flexibility index (Phi) is 4.16. The van der Waals surface area contributed by atoms with E-state index in [4.69, 9.17) is 5.26 Å². The van der Waals surface area contributed by atoms with Gasteiger partial charge in [0, 0.05) is 18.8 Å². The summed E-state index contributed by atoms with van der Waals surface area (Å²) in [6, 6.07) is 6.55. The molecule has 96 valence electrons. The van der Waals surface area contributed by atoms with E-state index in [0.717, 1.165) is 38.2 Å². The molecule has 1 N–H and O–H groups in total. The van der Waals surface area contributed by atoms with Crippen LogP contribution in [-0.2, 0) is 0 Å². The predicted molar refractivity (Wildman–Crippen MR) is 70.0 cm³/mol. The molecule has 0 aliphatic carbocycles. The van der Waals surface area contributed by atoms with Gasteiger partial charge in [-0.25, -0.2) is 4.39 Å². The first-order valence-corrected chi connectivity index (χ1v) is 6.33. The number of hydrogen-bond donors (Lipinski definition) is 1. The summed E-state index contributed by atoms with van der Waals surface area (Å²) in [7, 11) is 1.97. The fraction of sp³-hybridized carbons (Fsp3) is 0.500. The van der Waals surface area contributed by atoms with Crippen LogP contribution in [-0.4, -0.2) is 26.7 Å². The molecule has 0 aromatic heterocycles. The van der Waals surface area contributed by atoms with Gasteiger partial charge in [-0.05, 0) is 50.6 Å². The highest BCUT2D eigenvalue weighted by atomic mass is 19.1. The van der Waals surface area contributed by atoms with Gasteiger partial charge in [-0.3, -0.25) is 0 Å². The lowest BCUT2D eigenvalue weighted by atomic mass is 9.96. The average molecular weight is 247 g/mol. The monoisotopic (exact) mass is 247 g/mol. The molecule has 1 aliphatic rings. The van der Waals surface area contributed by atoms with Crippen molar-refractivity contribution in [1.29, 1.82) is 5.26 Å². The molecular weight excluding hydrogens is 229 g/mol. The minimum Gasteiger partial charge on any atom is -0.371 e. The second-order valence-corrected chi connectivity index (χ2v) is 4.80. The van der Waals surface area contributed by atoms with E-state index in [1.165, 1.54) is 12.1 Å². The first kappa shape index (κ1) is 12.8. The molecule has 1 aliphatic heterocycles. The van der Waals surface area contributed by atoms with Gasteiger partial charge < -0.3 is 10.2 Å². The Balaban J connectivity index is 2.05. The van der Waals surface area contributed by atoms with Crippen LogP contribution < -0.4 is 10.2 Å². The van der Waals surface area contributed by atoms with Gasteiger partial charge in [-0.1, -0.05) is 0 Å². The van der Waals surface area contributed by atoms with Crippen LogP contribution in [0.15, 0.2) is 18.2 Å². The number of piperidine rings is 1. The predicted octanol–water partition coefficient (Wildman–Crippen LogP) is 2.13. The van der Waals surface area contributed by atoms with E-state index < -0.39 is 0 Å². The van der Waals surface area contributed by atoms with Crippen LogP contribution in [0.4, 0.5) is 10.1 Å². The Morgan fingerprint density at radius 1 is 1.39 bits per heavy atom. The first-order chi connectivity index (χ1) is 8.72. The standard InChI is InChI=1S/C14H18FN3/c1-17-10-11-2-4-18(5-3-11)14-7-12(9-16)6-13(15)8-14/h6-8,11,17H,2-5,10H2,1H3. The van der Waals surface area contributed by atoms with Crippen LogP contribution in [0, 0.1) is 23.1 Å². The van der Waals surface area contributed by atoms with E-state index in [1.54, 1.807) is 6.07 Å². The van der Waals surface area contributed by atoms with Crippen LogP contribution in [0.25, 0.3) is 0 Å². The molecule has 1 saturated heterocycles. The minimum absolute atomic E-state index is 0.332. The summed E-state index contributed by atoms with van der Waals surface area (Å²) < 4.78 is 13.4. The van der Waals surface area contributed by atoms with Crippen LogP contribution in [0.5, 0.6) is 0 Å². The lowest BCUT2D eigenvalue weighted by Gasteiger charge is -2.33. The SMILES string of the molecule is CNCC1CCN(c2cc(F)cc(C#N)c2)CC1. The van der Waals surface area contributed by atoms with Gasteiger partial charge in [0.1, 0.15) is 5.82 Å². The highest BCUT2D eigenvalue weighted by molar-refractivity contribution is 5.52. The topological polar surface area (TPSA) is 39.1 Å². The largest absolute Gasteiger partial charge is 0.371 e. The Bertz CT molecular complexity index is 445. The third-order valence-electron chi connectivity index (χ3n) is 3.48. The third kappa shape index (κ3) is 2.99. The molecule has 1 fully saturated rings. The van der Waals surface area contributed by atoms with Crippen LogP contribution in [0.1, 0.15) is 18.4 Å². The number of halogens is 1. The quantitative estimate of drug-likeness (QED) is 0.889. The fourth-order valence-electron chi connectivity index (χ4n) is 2.51. The number of nitrogens with one attached hydrogen (secondary N) is 1. The highest BCUT2D eigenvalue weighted by Crippen LogP contribution is 2.24. The van der Waals surface area contributed by atoms with E-state index >= 15 is 0 Å². The normalized spacial score (nSPS) is 16.6. The van der Waals surface area contributed by atoms with Crippen molar-refractivity contribution in [1.82, 2.24) is 5.32 Å². The van der Waals surface area contributed by atoms with Crippen molar-refractivity contribution in [2.75, 3.05) is 31.6 Å². The molecule has 1 heterocycles. The zero-order valence-corrected chi connectivity index (χ0v) is 10.6. The van der Waals surface area contributed by atoms with Crippen molar-refractivity contribution < 1.29 is 4.39 Å². The molecule has 0 amide bonds. The van der Waals surface area contributed by atoms with E-state index in [1.807, 2.05) is 13.1 Å². The van der Waals surface area contributed by atoms with Crippen LogP contribution in [0.2, 0.25) is 0 Å². The zero-order valence-electron chi connectivity index (χ0n) is 10.6. The molecule has 0 spiro atoms. The van der Waals surface area contributed by atoms with Crippen molar-refractivity contribution in [3.05, 3.63) is 29.6 Å². The van der Waals surface area contributed by atoms with Crippen molar-refractivity contribution in [3.8, 4) is 6.07 Å². The molecule has 0 saturated carbocycles. The third-order valence-corrected chi connectivity index (χ3v) is 3.48. The summed E-state index contributed by atoms with van der Waals surface area (Å²) in [5.74, 6) is 0.372. The van der Waals surface area contributed by atoms with Gasteiger partial charge in [0.2, 0.25) is 0 Å². The lowest BCUT2D eigenvalue weighted by molar-refractivity contribution is 0.393. The van der Waals surface area contributed by atoms with Gasteiger partial charge in [0.25, 0.3) is 0 Å². The lowest BCUT2D eigenvalue weighted by Crippen LogP contribution is -2.36. The maximum Gasteiger partial charge on any atom is 0.126 e. The van der Waals surface area contributed by atoms with Gasteiger partial charge in [0.15, 0.2) is 0 Å². The summed E-state index contributed by atoms with van der Waals surface area (Å²) in [6.45, 7) is 2.90. The van der Waals surface area contributed by atoms with E-state index in [9.17, 15) is 4.39 Å². The van der Waals surface area contributed by atoms with E-state index in [0.29, 0.717) is 11.5 Å². The molecule has 1 aromatic carbocycles. The second kappa shape index (κ2) is 5.83. The number of nitriles is 1. The number of nitrogens with zero attached hydrogens (tertiary/aromatic N) is 2. The number of benzene rings is 1. The molecule has 2 rings (SSSR count). The van der Waals surface area contributed by atoms with Crippen molar-refractivity contribution in [2.45, 2.75) is 12.8 Å². The summed E-state index contributed by atoms with van der Waals surface area (Å²) in [6.07, 6.45) is 2.22. The van der Waals surface area contributed by atoms with Gasteiger partial charge in [0.05, 0.1) is 11.6 Å². The highest BCUT2D eigenvalue weighted by Gasteiger charge is 2.19. The van der Waals surface area contributed by atoms with E-state index in [-0.39, 0.29) is 5.82 Å². The molecule has 3 nitrogen and oxygen atoms in total. The molecule has 4 heteroatoms. The average Bonchev–Trinajstić information content (AvgIpc) is 2.39. The Hall–Kier alpha value is -1.60. The van der Waals surface area contributed by atoms with Crippen molar-refractivity contribution in [2.24, 2.45) is 5.92 Å². The van der Waals surface area contributed by atoms with Crippen LogP contribution >= 0.6 is 0 Å². The maximum absolute atomic E-state index is 13.4. The Morgan fingerprint density at radius 2 is 2.11 bits per heavy atom. The summed E-state index contributed by atoms with van der Waals surface area (Å²) in [4.78, 5) is 2.16. The molecule has 0 bridgehead atoms. The smallest absolute Gasteiger partial charge is 0.126 e. The first-order valence-electron chi connectivity index (χ1n) is 6.33. The van der Waals surface area contributed by atoms with Crippen LogP contribution in [0.3, 0.4) is 0 Å². The number of anilines is 1. The van der Waals surface area contributed by atoms with Crippen molar-refractivity contribution in [3.63, 3.8) is 0 Å². The zero-order chi connectivity index (χ0) is 13.0. The fourth-order valence-corrected chi connectivity index (χ4v) is 2.51. The number of hydrogen-bond acceptors (Lipinski definition) is 3. The molecule has 0 unspecified atom stereocenters. The van der Waals surface area contributed by atoms with Gasteiger partial charge in [-0.2, -0.15) is 5.26 Å². The summed E-state index contributed by atoms with van der Waals surface area (Å²) in [5.41, 5.74) is 1.22. The minimum atomic E-state index is -0.332. The molecule has 0 radical (unpaired) electrons. The second-order valence-electron chi connectivity index (χ2n) is 4.80. The molecule has 18 heavy (non-hydrogen) atoms. The van der Waals surface area contributed by atoms with Gasteiger partial charge in [-0.15, -0.1) is 0 Å². The number of rotatable bonds is 3. The summed E-state index contributed by atoms with van der Waals surface area (Å²) >= 11 is 0. The molecule has 0 atom stereocenters. The van der Waals surface area contributed by atoms with E-state index in [2.05, 4.69) is 10.2 Å². The molecular formula is C14H18FN3. The van der Waals surface area contributed by atoms with Gasteiger partial charge >= 0.3 is 0 Å².